The fourth-order valence-electron chi connectivity index (χ4n) is 2.67. The van der Waals surface area contributed by atoms with Crippen LogP contribution in [0.1, 0.15) is 27.8 Å². The molecule has 2 N–H and O–H groups in total. The van der Waals surface area contributed by atoms with E-state index >= 15 is 0 Å². The predicted octanol–water partition coefficient (Wildman–Crippen LogP) is 2.19. The van der Waals surface area contributed by atoms with E-state index < -0.39 is 6.04 Å². The van der Waals surface area contributed by atoms with Crippen molar-refractivity contribution in [2.75, 3.05) is 6.54 Å². The van der Waals surface area contributed by atoms with E-state index in [1.807, 2.05) is 13.1 Å². The first-order valence-corrected chi connectivity index (χ1v) is 8.40. The Labute approximate surface area is 156 Å². The molecule has 138 valence electrons. The molecule has 2 amide bonds. The van der Waals surface area contributed by atoms with Gasteiger partial charge < -0.3 is 15.2 Å². The quantitative estimate of drug-likeness (QED) is 0.702. The van der Waals surface area contributed by atoms with Crippen LogP contribution in [0.3, 0.4) is 0 Å². The van der Waals surface area contributed by atoms with Gasteiger partial charge in [-0.15, -0.1) is 0 Å². The van der Waals surface area contributed by atoms with Crippen molar-refractivity contribution in [3.63, 3.8) is 0 Å². The third-order valence-electron chi connectivity index (χ3n) is 4.07. The molecule has 1 aromatic heterocycles. The summed E-state index contributed by atoms with van der Waals surface area (Å²) in [4.78, 5) is 28.8. The lowest BCUT2D eigenvalue weighted by Crippen LogP contribution is -2.39. The van der Waals surface area contributed by atoms with E-state index in [-0.39, 0.29) is 24.2 Å². The maximum absolute atomic E-state index is 13.2. The Morgan fingerprint density at radius 3 is 2.44 bits per heavy atom. The predicted molar refractivity (Wildman–Crippen MR) is 98.4 cm³/mol. The van der Waals surface area contributed by atoms with Crippen molar-refractivity contribution in [2.24, 2.45) is 7.05 Å². The van der Waals surface area contributed by atoms with Gasteiger partial charge in [0.1, 0.15) is 17.7 Å². The summed E-state index contributed by atoms with van der Waals surface area (Å²) in [5.74, 6) is -0.471. The molecule has 0 bridgehead atoms. The third kappa shape index (κ3) is 4.58. The summed E-state index contributed by atoms with van der Waals surface area (Å²) < 4.78 is 15.0. The van der Waals surface area contributed by atoms with E-state index in [0.717, 1.165) is 0 Å². The van der Waals surface area contributed by atoms with E-state index in [1.54, 1.807) is 53.4 Å². The minimum absolute atomic E-state index is 0.185. The maximum atomic E-state index is 13.2. The molecule has 0 aliphatic heterocycles. The summed E-state index contributed by atoms with van der Waals surface area (Å²) in [5.41, 5.74) is 1.16. The van der Waals surface area contributed by atoms with E-state index in [0.29, 0.717) is 17.0 Å². The highest BCUT2D eigenvalue weighted by Crippen LogP contribution is 2.20. The van der Waals surface area contributed by atoms with Crippen LogP contribution in [0.15, 0.2) is 67.0 Å². The molecular weight excluding hydrogens is 347 g/mol. The highest BCUT2D eigenvalue weighted by atomic mass is 19.1. The number of benzene rings is 2. The molecule has 0 spiro atoms. The normalized spacial score (nSPS) is 11.6. The molecule has 6 nitrogen and oxygen atoms in total. The molecule has 1 atom stereocenters. The molecule has 0 aliphatic rings. The van der Waals surface area contributed by atoms with Crippen LogP contribution >= 0.6 is 0 Å². The average Bonchev–Trinajstić information content (AvgIpc) is 3.11. The topological polar surface area (TPSA) is 76.0 Å². The third-order valence-corrected chi connectivity index (χ3v) is 4.07. The van der Waals surface area contributed by atoms with Gasteiger partial charge in [0.2, 0.25) is 5.91 Å². The van der Waals surface area contributed by atoms with Gasteiger partial charge in [0.25, 0.3) is 5.91 Å². The molecular formula is C20H19FN4O2. The molecule has 0 aliphatic carbocycles. The number of carbonyl (C=O) groups excluding carboxylic acids is 2. The van der Waals surface area contributed by atoms with Gasteiger partial charge in [0.05, 0.1) is 6.54 Å². The molecule has 0 radical (unpaired) electrons. The second kappa shape index (κ2) is 8.27. The van der Waals surface area contributed by atoms with Crippen LogP contribution in [0, 0.1) is 5.82 Å². The molecule has 1 heterocycles. The Morgan fingerprint density at radius 1 is 1.11 bits per heavy atom. The standard InChI is InChI=1S/C20H19FN4O2/c1-25-12-11-22-19(25)18(14-7-9-16(21)10-8-14)24-17(26)13-23-20(27)15-5-3-2-4-6-15/h2-12,18H,13H2,1H3,(H,23,27)(H,24,26)/t18-/m0/s1. The Kier molecular flexibility index (Phi) is 5.61. The molecule has 0 saturated carbocycles. The lowest BCUT2D eigenvalue weighted by molar-refractivity contribution is -0.120. The van der Waals surface area contributed by atoms with Crippen molar-refractivity contribution in [1.82, 2.24) is 20.2 Å². The van der Waals surface area contributed by atoms with Crippen molar-refractivity contribution >= 4 is 11.8 Å². The first kappa shape index (κ1) is 18.3. The number of nitrogens with zero attached hydrogens (tertiary/aromatic N) is 2. The van der Waals surface area contributed by atoms with Crippen LogP contribution in [0.4, 0.5) is 4.39 Å². The van der Waals surface area contributed by atoms with Crippen LogP contribution in [0.2, 0.25) is 0 Å². The Bertz CT molecular complexity index is 923. The maximum Gasteiger partial charge on any atom is 0.251 e. The van der Waals surface area contributed by atoms with Gasteiger partial charge in [0.15, 0.2) is 0 Å². The minimum Gasteiger partial charge on any atom is -0.343 e. The van der Waals surface area contributed by atoms with Crippen LogP contribution in [0.5, 0.6) is 0 Å². The number of hydrogen-bond acceptors (Lipinski definition) is 3. The summed E-state index contributed by atoms with van der Waals surface area (Å²) in [7, 11) is 1.81. The van der Waals surface area contributed by atoms with E-state index in [9.17, 15) is 14.0 Å². The molecule has 7 heteroatoms. The number of hydrogen-bond donors (Lipinski definition) is 2. The van der Waals surface area contributed by atoms with Gasteiger partial charge in [-0.25, -0.2) is 9.37 Å². The van der Waals surface area contributed by atoms with Crippen molar-refractivity contribution in [2.45, 2.75) is 6.04 Å². The van der Waals surface area contributed by atoms with Crippen LogP contribution < -0.4 is 10.6 Å². The van der Waals surface area contributed by atoms with Crippen molar-refractivity contribution in [1.29, 1.82) is 0 Å². The first-order valence-electron chi connectivity index (χ1n) is 8.40. The number of nitrogens with one attached hydrogen (secondary N) is 2. The highest BCUT2D eigenvalue weighted by Gasteiger charge is 2.21. The highest BCUT2D eigenvalue weighted by molar-refractivity contribution is 5.96. The summed E-state index contributed by atoms with van der Waals surface area (Å²) in [5, 5.41) is 5.43. The molecule has 0 saturated heterocycles. The van der Waals surface area contributed by atoms with Crippen LogP contribution in [-0.2, 0) is 11.8 Å². The Balaban J connectivity index is 1.70. The number of rotatable bonds is 6. The number of aryl methyl sites for hydroxylation is 1. The van der Waals surface area contributed by atoms with Crippen molar-refractivity contribution in [3.05, 3.63) is 89.8 Å². The van der Waals surface area contributed by atoms with E-state index in [4.69, 9.17) is 0 Å². The SMILES string of the molecule is Cn1ccnc1[C@@H](NC(=O)CNC(=O)c1ccccc1)c1ccc(F)cc1. The number of imidazole rings is 1. The summed E-state index contributed by atoms with van der Waals surface area (Å²) in [6.45, 7) is -0.185. The van der Waals surface area contributed by atoms with Crippen LogP contribution in [0.25, 0.3) is 0 Å². The molecule has 0 fully saturated rings. The average molecular weight is 366 g/mol. The van der Waals surface area contributed by atoms with Gasteiger partial charge in [0, 0.05) is 25.0 Å². The largest absolute Gasteiger partial charge is 0.343 e. The number of aromatic nitrogens is 2. The van der Waals surface area contributed by atoms with E-state index in [2.05, 4.69) is 15.6 Å². The lowest BCUT2D eigenvalue weighted by Gasteiger charge is -2.19. The van der Waals surface area contributed by atoms with Gasteiger partial charge in [-0.05, 0) is 29.8 Å². The van der Waals surface area contributed by atoms with Crippen LogP contribution in [-0.4, -0.2) is 27.9 Å². The molecule has 2 aromatic carbocycles. The van der Waals surface area contributed by atoms with Gasteiger partial charge in [-0.2, -0.15) is 0 Å². The summed E-state index contributed by atoms with van der Waals surface area (Å²) in [6, 6.07) is 13.9. The van der Waals surface area contributed by atoms with Gasteiger partial charge in [-0.3, -0.25) is 9.59 Å². The fraction of sp³-hybridized carbons (Fsp3) is 0.150. The number of halogens is 1. The first-order chi connectivity index (χ1) is 13.0. The zero-order valence-electron chi connectivity index (χ0n) is 14.7. The lowest BCUT2D eigenvalue weighted by atomic mass is 10.1. The Hall–Kier alpha value is -3.48. The molecule has 3 aromatic rings. The van der Waals surface area contributed by atoms with Gasteiger partial charge in [-0.1, -0.05) is 30.3 Å². The second-order valence-electron chi connectivity index (χ2n) is 6.00. The van der Waals surface area contributed by atoms with Crippen molar-refractivity contribution in [3.8, 4) is 0 Å². The molecule has 27 heavy (non-hydrogen) atoms. The number of amides is 2. The minimum atomic E-state index is -0.563. The smallest absolute Gasteiger partial charge is 0.251 e. The fourth-order valence-corrected chi connectivity index (χ4v) is 2.67. The zero-order chi connectivity index (χ0) is 19.2. The number of carbonyl (C=O) groups is 2. The monoisotopic (exact) mass is 366 g/mol. The molecule has 3 rings (SSSR count). The second-order valence-corrected chi connectivity index (χ2v) is 6.00. The Morgan fingerprint density at radius 2 is 1.81 bits per heavy atom. The van der Waals surface area contributed by atoms with Crippen molar-refractivity contribution < 1.29 is 14.0 Å². The van der Waals surface area contributed by atoms with E-state index in [1.165, 1.54) is 12.1 Å². The molecule has 0 unspecified atom stereocenters. The summed E-state index contributed by atoms with van der Waals surface area (Å²) >= 11 is 0. The zero-order valence-corrected chi connectivity index (χ0v) is 14.7. The summed E-state index contributed by atoms with van der Waals surface area (Å²) in [6.07, 6.45) is 3.38. The van der Waals surface area contributed by atoms with Gasteiger partial charge >= 0.3 is 0 Å².